The summed E-state index contributed by atoms with van der Waals surface area (Å²) in [5.74, 6) is 2.94. The quantitative estimate of drug-likeness (QED) is 0.513. The van der Waals surface area contributed by atoms with Crippen molar-refractivity contribution >= 4 is 17.9 Å². The van der Waals surface area contributed by atoms with Gasteiger partial charge >= 0.3 is 0 Å². The molecule has 10 heavy (non-hydrogen) atoms. The van der Waals surface area contributed by atoms with Gasteiger partial charge in [0.25, 0.3) is 0 Å². The van der Waals surface area contributed by atoms with Gasteiger partial charge in [0.1, 0.15) is 0 Å². The summed E-state index contributed by atoms with van der Waals surface area (Å²) in [6.45, 7) is 0. The van der Waals surface area contributed by atoms with E-state index in [9.17, 15) is 0 Å². The molecule has 1 aliphatic heterocycles. The standard InChI is InChI=1S/C5H2N4O/c1-2-7-5-4(3-6-1)8-10-9-5/h1,3H. The molecule has 2 heterocycles. The van der Waals surface area contributed by atoms with E-state index in [0.29, 0.717) is 11.5 Å². The lowest BCUT2D eigenvalue weighted by atomic mass is 10.5. The summed E-state index contributed by atoms with van der Waals surface area (Å²) in [5, 5.41) is 7.02. The van der Waals surface area contributed by atoms with E-state index < -0.39 is 0 Å². The van der Waals surface area contributed by atoms with Crippen LogP contribution in [-0.2, 0) is 0 Å². The summed E-state index contributed by atoms with van der Waals surface area (Å²) in [5.41, 5.74) is 0.529. The predicted octanol–water partition coefficient (Wildman–Crippen LogP) is 0.317. The Morgan fingerprint density at radius 1 is 1.40 bits per heavy atom. The van der Waals surface area contributed by atoms with Gasteiger partial charge in [-0.3, -0.25) is 4.99 Å². The summed E-state index contributed by atoms with van der Waals surface area (Å²) in [6.07, 6.45) is 2.94. The monoisotopic (exact) mass is 134 g/mol. The molecule has 1 aromatic rings. The first-order chi connectivity index (χ1) is 4.97. The topological polar surface area (TPSA) is 63.6 Å². The van der Waals surface area contributed by atoms with Crippen LogP contribution in [0.2, 0.25) is 0 Å². The Morgan fingerprint density at radius 3 is 3.40 bits per heavy atom. The Balaban J connectivity index is 2.68. The lowest BCUT2D eigenvalue weighted by Gasteiger charge is -1.74. The van der Waals surface area contributed by atoms with Gasteiger partial charge in [0.2, 0.25) is 5.82 Å². The molecule has 1 aliphatic rings. The van der Waals surface area contributed by atoms with Crippen molar-refractivity contribution < 1.29 is 4.63 Å². The number of hydrogen-bond donors (Lipinski definition) is 0. The molecular formula is C5H2N4O. The molecule has 48 valence electrons. The molecule has 0 fully saturated rings. The smallest absolute Gasteiger partial charge is 0.234 e. The summed E-state index contributed by atoms with van der Waals surface area (Å²) < 4.78 is 4.38. The molecule has 0 unspecified atom stereocenters. The maximum Gasteiger partial charge on any atom is 0.234 e. The third-order valence-corrected chi connectivity index (χ3v) is 0.995. The molecule has 5 heteroatoms. The highest BCUT2D eigenvalue weighted by molar-refractivity contribution is 5.85. The van der Waals surface area contributed by atoms with Crippen molar-refractivity contribution in [3.05, 3.63) is 11.9 Å². The van der Waals surface area contributed by atoms with Gasteiger partial charge in [0.05, 0.1) is 12.4 Å². The Hall–Kier alpha value is -1.74. The first kappa shape index (κ1) is 5.08. The van der Waals surface area contributed by atoms with Crippen LogP contribution in [0.25, 0.3) is 0 Å². The molecule has 0 bridgehead atoms. The normalized spacial score (nSPS) is 13.2. The van der Waals surface area contributed by atoms with Crippen molar-refractivity contribution in [3.63, 3.8) is 0 Å². The fourth-order valence-electron chi connectivity index (χ4n) is 0.581. The largest absolute Gasteiger partial charge is 0.252 e. The van der Waals surface area contributed by atoms with E-state index in [1.807, 2.05) is 0 Å². The van der Waals surface area contributed by atoms with E-state index in [1.54, 1.807) is 0 Å². The molecule has 0 saturated carbocycles. The van der Waals surface area contributed by atoms with Crippen LogP contribution in [-0.4, -0.2) is 22.4 Å². The summed E-state index contributed by atoms with van der Waals surface area (Å²) in [6, 6.07) is 0. The number of aromatic nitrogens is 2. The van der Waals surface area contributed by atoms with E-state index in [4.69, 9.17) is 0 Å². The van der Waals surface area contributed by atoms with Gasteiger partial charge in [0, 0.05) is 5.87 Å². The molecule has 0 spiro atoms. The van der Waals surface area contributed by atoms with Crippen LogP contribution in [0, 0.1) is 0 Å². The highest BCUT2D eigenvalue weighted by atomic mass is 16.6. The second-order valence-corrected chi connectivity index (χ2v) is 1.62. The van der Waals surface area contributed by atoms with Gasteiger partial charge in [-0.2, -0.15) is 4.99 Å². The number of nitrogens with zero attached hydrogens (tertiary/aromatic N) is 4. The zero-order chi connectivity index (χ0) is 6.81. The predicted molar refractivity (Wildman–Crippen MR) is 33.6 cm³/mol. The van der Waals surface area contributed by atoms with Crippen molar-refractivity contribution in [3.8, 4) is 0 Å². The van der Waals surface area contributed by atoms with Crippen LogP contribution in [0.5, 0.6) is 0 Å². The molecule has 0 aromatic carbocycles. The number of hydrogen-bond acceptors (Lipinski definition) is 5. The van der Waals surface area contributed by atoms with E-state index in [0.717, 1.165) is 0 Å². The van der Waals surface area contributed by atoms with Gasteiger partial charge in [-0.1, -0.05) is 0 Å². The minimum absolute atomic E-state index is 0.414. The van der Waals surface area contributed by atoms with E-state index in [2.05, 4.69) is 30.8 Å². The molecule has 0 N–H and O–H groups in total. The zero-order valence-electron chi connectivity index (χ0n) is 4.85. The maximum absolute atomic E-state index is 4.38. The Morgan fingerprint density at radius 2 is 2.40 bits per heavy atom. The Labute approximate surface area is 55.8 Å². The van der Waals surface area contributed by atoms with Gasteiger partial charge in [0.15, 0.2) is 5.69 Å². The molecule has 0 saturated heterocycles. The first-order valence-electron chi connectivity index (χ1n) is 2.60. The van der Waals surface area contributed by atoms with Gasteiger partial charge < -0.3 is 0 Å². The highest BCUT2D eigenvalue weighted by Gasteiger charge is 2.05. The van der Waals surface area contributed by atoms with Gasteiger partial charge in [-0.05, 0) is 10.3 Å². The zero-order valence-corrected chi connectivity index (χ0v) is 4.85. The van der Waals surface area contributed by atoms with Crippen molar-refractivity contribution in [2.75, 3.05) is 0 Å². The average molecular weight is 134 g/mol. The van der Waals surface area contributed by atoms with Crippen molar-refractivity contribution in [1.82, 2.24) is 10.3 Å². The van der Waals surface area contributed by atoms with Crippen LogP contribution >= 0.6 is 0 Å². The van der Waals surface area contributed by atoms with Gasteiger partial charge in [-0.25, -0.2) is 4.63 Å². The Bertz CT molecular complexity index is 331. The molecule has 0 amide bonds. The minimum atomic E-state index is 0.414. The third kappa shape index (κ3) is 0.655. The van der Waals surface area contributed by atoms with Crippen molar-refractivity contribution in [2.45, 2.75) is 0 Å². The van der Waals surface area contributed by atoms with Crippen LogP contribution in [0.4, 0.5) is 5.82 Å². The highest BCUT2D eigenvalue weighted by Crippen LogP contribution is 2.10. The molecule has 5 nitrogen and oxygen atoms in total. The Kier molecular flexibility index (Phi) is 0.961. The molecule has 0 atom stereocenters. The number of aliphatic imine (C=N–C) groups is 2. The fraction of sp³-hybridized carbons (Fsp3) is 0. The van der Waals surface area contributed by atoms with Crippen molar-refractivity contribution in [2.24, 2.45) is 9.98 Å². The van der Waals surface area contributed by atoms with Gasteiger partial charge in [-0.15, -0.1) is 0 Å². The third-order valence-electron chi connectivity index (χ3n) is 0.995. The molecule has 2 rings (SSSR count). The van der Waals surface area contributed by atoms with E-state index in [1.165, 1.54) is 12.4 Å². The van der Waals surface area contributed by atoms with Crippen molar-refractivity contribution in [1.29, 1.82) is 0 Å². The molecule has 1 aromatic heterocycles. The molecule has 0 radical (unpaired) electrons. The minimum Gasteiger partial charge on any atom is -0.252 e. The van der Waals surface area contributed by atoms with Crippen LogP contribution in [0.3, 0.4) is 0 Å². The summed E-state index contributed by atoms with van der Waals surface area (Å²) >= 11 is 0. The van der Waals surface area contributed by atoms with Crippen LogP contribution in [0.1, 0.15) is 5.69 Å². The summed E-state index contributed by atoms with van der Waals surface area (Å²) in [4.78, 5) is 7.52. The molecule has 0 aliphatic carbocycles. The number of fused-ring (bicyclic) bond motifs is 1. The average Bonchev–Trinajstić information content (AvgIpc) is 2.28. The van der Waals surface area contributed by atoms with E-state index >= 15 is 0 Å². The van der Waals surface area contributed by atoms with Crippen LogP contribution in [0.15, 0.2) is 20.8 Å². The summed E-state index contributed by atoms with van der Waals surface area (Å²) in [7, 11) is 0. The lowest BCUT2D eigenvalue weighted by molar-refractivity contribution is 0.308. The molecular weight excluding hydrogens is 132 g/mol. The second-order valence-electron chi connectivity index (χ2n) is 1.62. The maximum atomic E-state index is 4.38. The fourth-order valence-corrected chi connectivity index (χ4v) is 0.581. The second kappa shape index (κ2) is 1.89. The number of rotatable bonds is 0. The van der Waals surface area contributed by atoms with Crippen LogP contribution < -0.4 is 0 Å². The van der Waals surface area contributed by atoms with E-state index in [-0.39, 0.29) is 0 Å². The first-order valence-corrected chi connectivity index (χ1v) is 2.60. The SMILES string of the molecule is C1=CN=Cc2nonc2N=1. The lowest BCUT2D eigenvalue weighted by Crippen LogP contribution is -1.77.